The molecule has 6 rings (SSSR count). The first-order chi connectivity index (χ1) is 18.8. The number of ether oxygens (including phenoxy) is 1. The van der Waals surface area contributed by atoms with E-state index in [1.54, 1.807) is 42.7 Å². The van der Waals surface area contributed by atoms with Gasteiger partial charge in [0.05, 0.1) is 22.3 Å². The number of halogens is 2. The monoisotopic (exact) mass is 544 g/mol. The number of pyridine rings is 1. The Hall–Kier alpha value is -4.11. The summed E-state index contributed by atoms with van der Waals surface area (Å²) in [4.78, 5) is 29.3. The number of nitrogens with zero attached hydrogens (tertiary/aromatic N) is 5. The van der Waals surface area contributed by atoms with Crippen LogP contribution in [-0.4, -0.2) is 30.4 Å². The number of carbonyl (C=O) groups excluding carboxylic acids is 1. The number of amides is 1. The van der Waals surface area contributed by atoms with Gasteiger partial charge in [0.15, 0.2) is 0 Å². The summed E-state index contributed by atoms with van der Waals surface area (Å²) in [5.74, 6) is 0.527. The molecule has 3 aromatic heterocycles. The Labute approximate surface area is 229 Å². The van der Waals surface area contributed by atoms with E-state index in [4.69, 9.17) is 27.1 Å². The largest absolute Gasteiger partial charge is 0.424 e. The van der Waals surface area contributed by atoms with Crippen LogP contribution in [0.2, 0.25) is 5.02 Å². The molecule has 39 heavy (non-hydrogen) atoms. The smallest absolute Gasteiger partial charge is 0.322 e. The minimum Gasteiger partial charge on any atom is -0.424 e. The number of benzene rings is 2. The van der Waals surface area contributed by atoms with Crippen LogP contribution in [0.25, 0.3) is 33.1 Å². The van der Waals surface area contributed by atoms with Gasteiger partial charge < -0.3 is 15.0 Å². The minimum atomic E-state index is -0.434. The molecule has 2 N–H and O–H groups in total. The molecule has 0 aliphatic heterocycles. The lowest BCUT2D eigenvalue weighted by Crippen LogP contribution is -2.28. The third kappa shape index (κ3) is 4.67. The van der Waals surface area contributed by atoms with Crippen LogP contribution in [-0.2, 0) is 4.79 Å². The van der Waals surface area contributed by atoms with Gasteiger partial charge >= 0.3 is 6.01 Å². The van der Waals surface area contributed by atoms with Crippen molar-refractivity contribution >= 4 is 39.4 Å². The lowest BCUT2D eigenvalue weighted by Gasteiger charge is -2.29. The van der Waals surface area contributed by atoms with Crippen LogP contribution in [0.3, 0.4) is 0 Å². The van der Waals surface area contributed by atoms with Gasteiger partial charge in [0.25, 0.3) is 0 Å². The van der Waals surface area contributed by atoms with E-state index in [2.05, 4.69) is 19.5 Å². The molecule has 198 valence electrons. The Balaban J connectivity index is 1.42. The average molecular weight is 545 g/mol. The van der Waals surface area contributed by atoms with Crippen molar-refractivity contribution in [1.29, 1.82) is 0 Å². The first-order valence-electron chi connectivity index (χ1n) is 12.8. The van der Waals surface area contributed by atoms with Crippen LogP contribution in [0.15, 0.2) is 48.8 Å². The number of nitrogens with two attached hydrogens (primary N) is 1. The van der Waals surface area contributed by atoms with E-state index in [-0.39, 0.29) is 23.9 Å². The molecule has 0 unspecified atom stereocenters. The van der Waals surface area contributed by atoms with Gasteiger partial charge in [0.2, 0.25) is 5.91 Å². The molecule has 3 heterocycles. The fourth-order valence-electron chi connectivity index (χ4n) is 5.54. The SMILES string of the molecule is Cc1ccnc(Oc2ccc(-c3cc4c(cc3F)ncc3nc(C)n([C@H]5CC[C@H](C(N)=O)CC5)c34)c(Cl)c2)n1. The van der Waals surface area contributed by atoms with E-state index in [1.807, 2.05) is 13.8 Å². The summed E-state index contributed by atoms with van der Waals surface area (Å²) in [5.41, 5.74) is 9.37. The van der Waals surface area contributed by atoms with E-state index >= 15 is 4.39 Å². The molecule has 8 nitrogen and oxygen atoms in total. The quantitative estimate of drug-likeness (QED) is 0.272. The maximum absolute atomic E-state index is 15.4. The molecule has 0 saturated heterocycles. The van der Waals surface area contributed by atoms with Gasteiger partial charge in [-0.1, -0.05) is 11.6 Å². The Morgan fingerprint density at radius 3 is 2.54 bits per heavy atom. The summed E-state index contributed by atoms with van der Waals surface area (Å²) in [7, 11) is 0. The number of hydrogen-bond donors (Lipinski definition) is 1. The van der Waals surface area contributed by atoms with Gasteiger partial charge in [-0.05, 0) is 63.8 Å². The van der Waals surface area contributed by atoms with Crippen molar-refractivity contribution in [3.05, 3.63) is 71.2 Å². The number of fused-ring (bicyclic) bond motifs is 3. The first kappa shape index (κ1) is 25.2. The normalized spacial score (nSPS) is 17.5. The summed E-state index contributed by atoms with van der Waals surface area (Å²) in [6.07, 6.45) is 6.40. The van der Waals surface area contributed by atoms with Gasteiger partial charge in [-0.15, -0.1) is 0 Å². The molecule has 0 radical (unpaired) electrons. The lowest BCUT2D eigenvalue weighted by atomic mass is 9.85. The van der Waals surface area contributed by atoms with Crippen LogP contribution in [0.5, 0.6) is 11.8 Å². The third-order valence-electron chi connectivity index (χ3n) is 7.46. The molecule has 1 amide bonds. The number of hydrogen-bond acceptors (Lipinski definition) is 6. The summed E-state index contributed by atoms with van der Waals surface area (Å²) in [6.45, 7) is 3.81. The topological polar surface area (TPSA) is 109 Å². The summed E-state index contributed by atoms with van der Waals surface area (Å²) >= 11 is 6.64. The van der Waals surface area contributed by atoms with Crippen LogP contribution < -0.4 is 10.5 Å². The number of aromatic nitrogens is 5. The summed E-state index contributed by atoms with van der Waals surface area (Å²) < 4.78 is 23.4. The Bertz CT molecular complexity index is 1750. The molecule has 1 fully saturated rings. The predicted molar refractivity (Wildman–Crippen MR) is 147 cm³/mol. The minimum absolute atomic E-state index is 0.0954. The molecule has 0 bridgehead atoms. The number of rotatable bonds is 5. The van der Waals surface area contributed by atoms with Crippen molar-refractivity contribution in [3.8, 4) is 22.9 Å². The van der Waals surface area contributed by atoms with Crippen molar-refractivity contribution in [3.63, 3.8) is 0 Å². The number of aryl methyl sites for hydroxylation is 2. The average Bonchev–Trinajstić information content (AvgIpc) is 3.25. The highest BCUT2D eigenvalue weighted by Crippen LogP contribution is 2.40. The molecule has 1 saturated carbocycles. The highest BCUT2D eigenvalue weighted by molar-refractivity contribution is 6.33. The zero-order valence-electron chi connectivity index (χ0n) is 21.5. The van der Waals surface area contributed by atoms with Crippen LogP contribution >= 0.6 is 11.6 Å². The van der Waals surface area contributed by atoms with E-state index in [0.29, 0.717) is 27.4 Å². The van der Waals surface area contributed by atoms with Gasteiger partial charge in [-0.2, -0.15) is 0 Å². The molecule has 5 aromatic rings. The Morgan fingerprint density at radius 2 is 1.82 bits per heavy atom. The molecule has 2 aromatic carbocycles. The van der Waals surface area contributed by atoms with Crippen molar-refractivity contribution < 1.29 is 13.9 Å². The first-order valence-corrected chi connectivity index (χ1v) is 13.2. The van der Waals surface area contributed by atoms with Gasteiger partial charge in [0.1, 0.15) is 22.9 Å². The second-order valence-electron chi connectivity index (χ2n) is 10.0. The van der Waals surface area contributed by atoms with Crippen molar-refractivity contribution in [2.45, 2.75) is 45.6 Å². The lowest BCUT2D eigenvalue weighted by molar-refractivity contribution is -0.122. The number of primary amides is 1. The number of carbonyl (C=O) groups is 1. The summed E-state index contributed by atoms with van der Waals surface area (Å²) in [5, 5.41) is 1.11. The molecule has 0 spiro atoms. The zero-order chi connectivity index (χ0) is 27.3. The van der Waals surface area contributed by atoms with Gasteiger partial charge in [-0.3, -0.25) is 9.78 Å². The second-order valence-corrected chi connectivity index (χ2v) is 10.4. The van der Waals surface area contributed by atoms with E-state index < -0.39 is 5.82 Å². The fourth-order valence-corrected chi connectivity index (χ4v) is 5.82. The van der Waals surface area contributed by atoms with Crippen molar-refractivity contribution in [2.75, 3.05) is 0 Å². The highest BCUT2D eigenvalue weighted by atomic mass is 35.5. The van der Waals surface area contributed by atoms with Gasteiger partial charge in [0, 0.05) is 52.5 Å². The van der Waals surface area contributed by atoms with E-state index in [0.717, 1.165) is 53.6 Å². The van der Waals surface area contributed by atoms with Crippen LogP contribution in [0.1, 0.15) is 43.2 Å². The molecular weight excluding hydrogens is 519 g/mol. The molecule has 10 heteroatoms. The van der Waals surface area contributed by atoms with E-state index in [9.17, 15) is 4.79 Å². The molecule has 1 aliphatic carbocycles. The highest BCUT2D eigenvalue weighted by Gasteiger charge is 2.28. The van der Waals surface area contributed by atoms with Crippen LogP contribution in [0, 0.1) is 25.6 Å². The molecule has 1 aliphatic rings. The van der Waals surface area contributed by atoms with Gasteiger partial charge in [-0.25, -0.2) is 19.3 Å². The Kier molecular flexibility index (Phi) is 6.38. The van der Waals surface area contributed by atoms with Crippen molar-refractivity contribution in [2.24, 2.45) is 11.7 Å². The summed E-state index contributed by atoms with van der Waals surface area (Å²) in [6, 6.07) is 10.4. The maximum Gasteiger partial charge on any atom is 0.322 e. The second kappa shape index (κ2) is 9.89. The zero-order valence-corrected chi connectivity index (χ0v) is 22.2. The number of imidazole rings is 1. The standard InChI is InChI=1S/C29H26ClFN6O2/c1-15-9-10-33-29(35-15)39-19-7-8-20(23(30)11-19)21-12-22-25(13-24(21)31)34-14-26-27(22)37(16(2)36-26)18-5-3-17(4-6-18)28(32)38/h7-14,17-18H,3-6H2,1-2H3,(H2,32,38)/t17-,18-. The predicted octanol–water partition coefficient (Wildman–Crippen LogP) is 6.46. The maximum atomic E-state index is 15.4. The van der Waals surface area contributed by atoms with Crippen LogP contribution in [0.4, 0.5) is 4.39 Å². The fraction of sp³-hybridized carbons (Fsp3) is 0.276. The molecule has 0 atom stereocenters. The van der Waals surface area contributed by atoms with E-state index in [1.165, 1.54) is 6.07 Å². The molecular formula is C29H26ClFN6O2. The Morgan fingerprint density at radius 1 is 1.03 bits per heavy atom. The third-order valence-corrected chi connectivity index (χ3v) is 7.77. The van der Waals surface area contributed by atoms with Crippen molar-refractivity contribution in [1.82, 2.24) is 24.5 Å².